The number of methoxy groups -OCH3 is 1. The molecule has 0 bridgehead atoms. The van der Waals surface area contributed by atoms with Gasteiger partial charge in [-0.1, -0.05) is 25.1 Å². The first-order chi connectivity index (χ1) is 9.59. The fourth-order valence-corrected chi connectivity index (χ4v) is 2.46. The molecule has 0 aliphatic heterocycles. The molecule has 1 unspecified atom stereocenters. The third-order valence-corrected chi connectivity index (χ3v) is 3.98. The van der Waals surface area contributed by atoms with Crippen LogP contribution in [-0.2, 0) is 4.79 Å². The van der Waals surface area contributed by atoms with Crippen molar-refractivity contribution >= 4 is 17.6 Å². The Morgan fingerprint density at radius 2 is 2.10 bits per heavy atom. The van der Waals surface area contributed by atoms with Gasteiger partial charge in [-0.25, -0.2) is 0 Å². The van der Waals surface area contributed by atoms with Crippen LogP contribution in [0.1, 0.15) is 31.7 Å². The highest BCUT2D eigenvalue weighted by Crippen LogP contribution is 2.39. The van der Waals surface area contributed by atoms with Crippen LogP contribution in [0.4, 0.5) is 0 Å². The number of allylic oxidation sites excluding steroid dienone is 2. The highest BCUT2D eigenvalue weighted by Gasteiger charge is 2.35. The fourth-order valence-electron chi connectivity index (χ4n) is 2.46. The molecular formula is C16H18N2O2. The number of carbonyl (C=O) groups excluding carboxylic acids is 1. The largest absolute Gasteiger partial charge is 0.497 e. The van der Waals surface area contributed by atoms with E-state index in [1.54, 1.807) is 7.11 Å². The number of hydrogen-bond donors (Lipinski definition) is 0. The quantitative estimate of drug-likeness (QED) is 0.479. The first kappa shape index (κ1) is 14.2. The standard InChI is InChI=1S/C16H18N2O2/c1-16(15(19)11-18-17)9-7-13(8-10-16)12-3-5-14(20-2)6-4-12/h3-7,11H,8-10H2,1-2H3. The van der Waals surface area contributed by atoms with Crippen LogP contribution in [0.3, 0.4) is 0 Å². The zero-order chi connectivity index (χ0) is 14.6. The number of carbonyl (C=O) groups is 1. The van der Waals surface area contributed by atoms with Crippen molar-refractivity contribution in [2.75, 3.05) is 7.11 Å². The summed E-state index contributed by atoms with van der Waals surface area (Å²) in [7, 11) is 1.65. The predicted octanol–water partition coefficient (Wildman–Crippen LogP) is 3.14. The number of ketones is 1. The topological polar surface area (TPSA) is 62.7 Å². The molecule has 0 radical (unpaired) electrons. The highest BCUT2D eigenvalue weighted by atomic mass is 16.5. The first-order valence-corrected chi connectivity index (χ1v) is 6.64. The van der Waals surface area contributed by atoms with Gasteiger partial charge < -0.3 is 10.3 Å². The Morgan fingerprint density at radius 3 is 2.60 bits per heavy atom. The van der Waals surface area contributed by atoms with Gasteiger partial charge in [0.2, 0.25) is 5.78 Å². The summed E-state index contributed by atoms with van der Waals surface area (Å²) in [5.41, 5.74) is 10.4. The van der Waals surface area contributed by atoms with E-state index in [4.69, 9.17) is 10.3 Å². The lowest BCUT2D eigenvalue weighted by molar-refractivity contribution is -0.124. The molecule has 1 aromatic rings. The van der Waals surface area contributed by atoms with Gasteiger partial charge in [0.1, 0.15) is 5.75 Å². The van der Waals surface area contributed by atoms with Crippen LogP contribution in [0, 0.1) is 5.41 Å². The van der Waals surface area contributed by atoms with E-state index in [1.807, 2.05) is 31.2 Å². The summed E-state index contributed by atoms with van der Waals surface area (Å²) in [6.07, 6.45) is 5.38. The number of benzene rings is 1. The molecular weight excluding hydrogens is 252 g/mol. The Kier molecular flexibility index (Phi) is 4.16. The van der Waals surface area contributed by atoms with Crippen LogP contribution in [0.25, 0.3) is 11.1 Å². The predicted molar refractivity (Wildman–Crippen MR) is 77.6 cm³/mol. The Morgan fingerprint density at radius 1 is 1.40 bits per heavy atom. The number of hydrogen-bond acceptors (Lipinski definition) is 2. The average Bonchev–Trinajstić information content (AvgIpc) is 2.48. The summed E-state index contributed by atoms with van der Waals surface area (Å²) in [6.45, 7) is 1.91. The SMILES string of the molecule is COc1ccc(C2=CCC(C)(C(=O)C=[N+]=[N-])CC2)cc1. The van der Waals surface area contributed by atoms with Gasteiger partial charge >= 0.3 is 6.21 Å². The van der Waals surface area contributed by atoms with E-state index in [9.17, 15) is 4.79 Å². The lowest BCUT2D eigenvalue weighted by Gasteiger charge is -2.29. The van der Waals surface area contributed by atoms with Gasteiger partial charge in [0, 0.05) is 5.41 Å². The second kappa shape index (κ2) is 5.85. The van der Waals surface area contributed by atoms with Crippen LogP contribution < -0.4 is 4.74 Å². The zero-order valence-electron chi connectivity index (χ0n) is 11.8. The van der Waals surface area contributed by atoms with Crippen molar-refractivity contribution in [1.82, 2.24) is 0 Å². The lowest BCUT2D eigenvalue weighted by Crippen LogP contribution is -2.30. The number of rotatable bonds is 4. The maximum atomic E-state index is 11.9. The molecule has 0 amide bonds. The molecule has 0 heterocycles. The van der Waals surface area contributed by atoms with Crippen molar-refractivity contribution in [3.8, 4) is 5.75 Å². The van der Waals surface area contributed by atoms with Gasteiger partial charge in [0.25, 0.3) is 0 Å². The summed E-state index contributed by atoms with van der Waals surface area (Å²) in [4.78, 5) is 14.7. The molecule has 1 aliphatic rings. The molecule has 1 aromatic carbocycles. The van der Waals surface area contributed by atoms with Crippen LogP contribution in [0.15, 0.2) is 30.3 Å². The third kappa shape index (κ3) is 2.86. The Labute approximate surface area is 118 Å². The van der Waals surface area contributed by atoms with Crippen molar-refractivity contribution in [1.29, 1.82) is 0 Å². The molecule has 0 N–H and O–H groups in total. The molecule has 4 heteroatoms. The maximum Gasteiger partial charge on any atom is 0.323 e. The number of Topliss-reactive ketones (excluding diaryl/α,β-unsaturated/α-hetero) is 1. The van der Waals surface area contributed by atoms with E-state index in [-0.39, 0.29) is 5.78 Å². The second-order valence-electron chi connectivity index (χ2n) is 5.33. The summed E-state index contributed by atoms with van der Waals surface area (Å²) in [5, 5.41) is 0. The molecule has 0 saturated heterocycles. The highest BCUT2D eigenvalue weighted by molar-refractivity contribution is 6.27. The van der Waals surface area contributed by atoms with Crippen LogP contribution in [0.2, 0.25) is 0 Å². The van der Waals surface area contributed by atoms with Gasteiger partial charge in [0.05, 0.1) is 7.11 Å². The first-order valence-electron chi connectivity index (χ1n) is 6.64. The molecule has 1 atom stereocenters. The van der Waals surface area contributed by atoms with E-state index in [0.717, 1.165) is 30.4 Å². The Hall–Kier alpha value is -2.19. The number of ether oxygens (including phenoxy) is 1. The van der Waals surface area contributed by atoms with Gasteiger partial charge in [0.15, 0.2) is 0 Å². The minimum atomic E-state index is -0.456. The van der Waals surface area contributed by atoms with E-state index >= 15 is 0 Å². The molecule has 2 rings (SSSR count). The maximum absolute atomic E-state index is 11.9. The van der Waals surface area contributed by atoms with E-state index in [2.05, 4.69) is 10.9 Å². The van der Waals surface area contributed by atoms with Crippen molar-refractivity contribution < 1.29 is 14.3 Å². The summed E-state index contributed by atoms with van der Waals surface area (Å²) in [5.74, 6) is 0.717. The van der Waals surface area contributed by atoms with Crippen LogP contribution >= 0.6 is 0 Å². The van der Waals surface area contributed by atoms with E-state index in [0.29, 0.717) is 6.42 Å². The van der Waals surface area contributed by atoms with Gasteiger partial charge in [-0.15, -0.1) is 0 Å². The Balaban J connectivity index is 2.15. The molecule has 104 valence electrons. The molecule has 0 saturated carbocycles. The lowest BCUT2D eigenvalue weighted by atomic mass is 9.73. The molecule has 0 aromatic heterocycles. The van der Waals surface area contributed by atoms with Crippen molar-refractivity contribution in [3.63, 3.8) is 0 Å². The monoisotopic (exact) mass is 270 g/mol. The van der Waals surface area contributed by atoms with Crippen molar-refractivity contribution in [2.24, 2.45) is 5.41 Å². The summed E-state index contributed by atoms with van der Waals surface area (Å²) >= 11 is 0. The molecule has 1 aliphatic carbocycles. The summed E-state index contributed by atoms with van der Waals surface area (Å²) in [6, 6.07) is 7.94. The van der Waals surface area contributed by atoms with Gasteiger partial charge in [-0.05, 0) is 42.5 Å². The normalized spacial score (nSPS) is 21.6. The van der Waals surface area contributed by atoms with Crippen molar-refractivity contribution in [2.45, 2.75) is 26.2 Å². The van der Waals surface area contributed by atoms with Gasteiger partial charge in [-0.3, -0.25) is 4.79 Å². The fraction of sp³-hybridized carbons (Fsp3) is 0.375. The molecule has 4 nitrogen and oxygen atoms in total. The van der Waals surface area contributed by atoms with Crippen LogP contribution in [-0.4, -0.2) is 23.9 Å². The smallest absolute Gasteiger partial charge is 0.323 e. The Bertz CT molecular complexity index is 583. The minimum absolute atomic E-state index is 0.120. The minimum Gasteiger partial charge on any atom is -0.497 e. The van der Waals surface area contributed by atoms with Crippen molar-refractivity contribution in [3.05, 3.63) is 41.4 Å². The third-order valence-electron chi connectivity index (χ3n) is 3.98. The zero-order valence-corrected chi connectivity index (χ0v) is 11.8. The van der Waals surface area contributed by atoms with E-state index < -0.39 is 5.41 Å². The van der Waals surface area contributed by atoms with E-state index in [1.165, 1.54) is 5.57 Å². The number of nitrogens with zero attached hydrogens (tertiary/aromatic N) is 2. The molecule has 0 spiro atoms. The molecule has 0 fully saturated rings. The summed E-state index contributed by atoms with van der Waals surface area (Å²) < 4.78 is 5.15. The van der Waals surface area contributed by atoms with Crippen LogP contribution in [0.5, 0.6) is 5.75 Å². The van der Waals surface area contributed by atoms with Gasteiger partial charge in [-0.2, -0.15) is 4.79 Å². The second-order valence-corrected chi connectivity index (χ2v) is 5.33. The average molecular weight is 270 g/mol. The molecule has 20 heavy (non-hydrogen) atoms.